The van der Waals surface area contributed by atoms with Crippen molar-refractivity contribution in [2.75, 3.05) is 0 Å². The fourth-order valence-corrected chi connectivity index (χ4v) is 3.54. The number of aromatic nitrogens is 3. The van der Waals surface area contributed by atoms with Crippen molar-refractivity contribution in [3.8, 4) is 28.1 Å². The highest BCUT2D eigenvalue weighted by Crippen LogP contribution is 2.33. The number of nitrogens with one attached hydrogen (secondary N) is 1. The molecule has 0 amide bonds. The Hall–Kier alpha value is -3.18. The van der Waals surface area contributed by atoms with Crippen molar-refractivity contribution < 1.29 is 4.74 Å². The molecular weight excluding hydrogens is 386 g/mol. The molecule has 3 heterocycles. The van der Waals surface area contributed by atoms with Crippen LogP contribution in [0.2, 0.25) is 5.15 Å². The van der Waals surface area contributed by atoms with E-state index in [0.717, 1.165) is 28.1 Å². The lowest BCUT2D eigenvalue weighted by atomic mass is 9.98. The van der Waals surface area contributed by atoms with Crippen LogP contribution in [0.25, 0.3) is 33.4 Å². The molecule has 3 aromatic heterocycles. The van der Waals surface area contributed by atoms with Crippen LogP contribution in [-0.2, 0) is 0 Å². The number of hydrogen-bond donors (Lipinski definition) is 1. The first-order valence-electron chi connectivity index (χ1n) is 9.35. The summed E-state index contributed by atoms with van der Waals surface area (Å²) in [4.78, 5) is 25.1. The molecule has 1 aromatic carbocycles. The first kappa shape index (κ1) is 19.2. The summed E-state index contributed by atoms with van der Waals surface area (Å²) in [6, 6.07) is 15.4. The highest BCUT2D eigenvalue weighted by atomic mass is 35.5. The van der Waals surface area contributed by atoms with Crippen LogP contribution in [0.15, 0.2) is 59.5 Å². The summed E-state index contributed by atoms with van der Waals surface area (Å²) in [5.41, 5.74) is 4.46. The summed E-state index contributed by atoms with van der Waals surface area (Å²) in [5, 5.41) is 0.855. The number of aromatic amines is 1. The number of aryl methyl sites for hydroxylation is 1. The third kappa shape index (κ3) is 3.87. The highest BCUT2D eigenvalue weighted by molar-refractivity contribution is 6.29. The van der Waals surface area contributed by atoms with E-state index in [4.69, 9.17) is 21.3 Å². The predicted octanol–water partition coefficient (Wildman–Crippen LogP) is 5.40. The Bertz CT molecular complexity index is 1230. The Morgan fingerprint density at radius 1 is 1.03 bits per heavy atom. The number of halogens is 1. The standard InChI is InChI=1S/C23H20ClN3O2/c1-13(2)29-19-12-25-23-18(22(19)28)11-17(16-9-14(3)26-20(24)10-16)21(27-23)15-7-5-4-6-8-15/h4-13H,1-3H3,(H,25,27,28). The van der Waals surface area contributed by atoms with Crippen LogP contribution in [0.4, 0.5) is 0 Å². The molecule has 5 nitrogen and oxygen atoms in total. The molecule has 0 radical (unpaired) electrons. The molecule has 0 fully saturated rings. The summed E-state index contributed by atoms with van der Waals surface area (Å²) in [5.74, 6) is 0.275. The van der Waals surface area contributed by atoms with E-state index < -0.39 is 0 Å². The van der Waals surface area contributed by atoms with E-state index in [1.54, 1.807) is 12.3 Å². The maximum absolute atomic E-state index is 13.0. The lowest BCUT2D eigenvalue weighted by Crippen LogP contribution is -2.15. The van der Waals surface area contributed by atoms with Gasteiger partial charge in [-0.15, -0.1) is 0 Å². The zero-order valence-corrected chi connectivity index (χ0v) is 17.1. The molecule has 0 aliphatic carbocycles. The van der Waals surface area contributed by atoms with E-state index in [0.29, 0.717) is 16.2 Å². The van der Waals surface area contributed by atoms with Gasteiger partial charge in [0.25, 0.3) is 0 Å². The molecule has 0 saturated heterocycles. The lowest BCUT2D eigenvalue weighted by Gasteiger charge is -2.13. The second kappa shape index (κ2) is 7.68. The molecule has 0 aliphatic rings. The molecule has 29 heavy (non-hydrogen) atoms. The second-order valence-corrected chi connectivity index (χ2v) is 7.50. The normalized spacial score (nSPS) is 11.2. The monoisotopic (exact) mass is 405 g/mol. The van der Waals surface area contributed by atoms with Crippen molar-refractivity contribution in [1.29, 1.82) is 0 Å². The number of ether oxygens (including phenoxy) is 1. The van der Waals surface area contributed by atoms with Crippen molar-refractivity contribution in [3.63, 3.8) is 0 Å². The van der Waals surface area contributed by atoms with Gasteiger partial charge in [0.1, 0.15) is 10.8 Å². The van der Waals surface area contributed by atoms with Crippen LogP contribution in [-0.4, -0.2) is 21.1 Å². The first-order valence-corrected chi connectivity index (χ1v) is 9.73. The molecule has 4 aromatic rings. The number of benzene rings is 1. The molecule has 0 atom stereocenters. The molecule has 0 spiro atoms. The Kier molecular flexibility index (Phi) is 5.07. The minimum absolute atomic E-state index is 0.105. The summed E-state index contributed by atoms with van der Waals surface area (Å²) >= 11 is 6.21. The third-order valence-corrected chi connectivity index (χ3v) is 4.67. The Morgan fingerprint density at radius 3 is 2.48 bits per heavy atom. The number of H-pyrrole nitrogens is 1. The minimum Gasteiger partial charge on any atom is -0.485 e. The van der Waals surface area contributed by atoms with Gasteiger partial charge in [-0.05, 0) is 44.5 Å². The lowest BCUT2D eigenvalue weighted by molar-refractivity contribution is 0.239. The van der Waals surface area contributed by atoms with Crippen molar-refractivity contribution in [2.45, 2.75) is 26.9 Å². The molecule has 0 saturated carbocycles. The molecule has 0 aliphatic heterocycles. The molecule has 6 heteroatoms. The molecule has 4 rings (SSSR count). The second-order valence-electron chi connectivity index (χ2n) is 7.12. The molecule has 0 bridgehead atoms. The number of fused-ring (bicyclic) bond motifs is 1. The predicted molar refractivity (Wildman–Crippen MR) is 117 cm³/mol. The average molecular weight is 406 g/mol. The van der Waals surface area contributed by atoms with Crippen LogP contribution in [0.5, 0.6) is 5.75 Å². The number of nitrogens with zero attached hydrogens (tertiary/aromatic N) is 2. The quantitative estimate of drug-likeness (QED) is 0.461. The molecular formula is C23H20ClN3O2. The Labute approximate surface area is 173 Å². The van der Waals surface area contributed by atoms with Crippen molar-refractivity contribution in [1.82, 2.24) is 15.0 Å². The summed E-state index contributed by atoms with van der Waals surface area (Å²) in [7, 11) is 0. The van der Waals surface area contributed by atoms with Crippen LogP contribution in [0, 0.1) is 6.92 Å². The Balaban J connectivity index is 2.04. The van der Waals surface area contributed by atoms with Gasteiger partial charge in [0.05, 0.1) is 17.2 Å². The third-order valence-electron chi connectivity index (χ3n) is 4.47. The SMILES string of the molecule is Cc1cc(-c2cc3c(=O)c(OC(C)C)c[nH]c3nc2-c2ccccc2)cc(Cl)n1. The number of hydrogen-bond acceptors (Lipinski definition) is 4. The van der Waals surface area contributed by atoms with Gasteiger partial charge in [-0.25, -0.2) is 9.97 Å². The number of rotatable bonds is 4. The smallest absolute Gasteiger partial charge is 0.232 e. The van der Waals surface area contributed by atoms with Crippen LogP contribution in [0.1, 0.15) is 19.5 Å². The van der Waals surface area contributed by atoms with Crippen LogP contribution < -0.4 is 10.2 Å². The van der Waals surface area contributed by atoms with E-state index in [-0.39, 0.29) is 17.3 Å². The fraction of sp³-hybridized carbons (Fsp3) is 0.174. The Morgan fingerprint density at radius 2 is 1.79 bits per heavy atom. The highest BCUT2D eigenvalue weighted by Gasteiger charge is 2.16. The first-order chi connectivity index (χ1) is 13.9. The van der Waals surface area contributed by atoms with Crippen LogP contribution in [0.3, 0.4) is 0 Å². The van der Waals surface area contributed by atoms with E-state index >= 15 is 0 Å². The van der Waals surface area contributed by atoms with Crippen molar-refractivity contribution in [3.05, 3.63) is 75.8 Å². The zero-order chi connectivity index (χ0) is 20.5. The molecule has 1 N–H and O–H groups in total. The van der Waals surface area contributed by atoms with Gasteiger partial charge in [0, 0.05) is 23.0 Å². The van der Waals surface area contributed by atoms with Gasteiger partial charge in [0.15, 0.2) is 5.75 Å². The van der Waals surface area contributed by atoms with E-state index in [1.165, 1.54) is 0 Å². The maximum Gasteiger partial charge on any atom is 0.232 e. The van der Waals surface area contributed by atoms with Crippen molar-refractivity contribution >= 4 is 22.6 Å². The zero-order valence-electron chi connectivity index (χ0n) is 16.4. The molecule has 0 unspecified atom stereocenters. The van der Waals surface area contributed by atoms with Gasteiger partial charge < -0.3 is 9.72 Å². The van der Waals surface area contributed by atoms with E-state index in [9.17, 15) is 4.79 Å². The van der Waals surface area contributed by atoms with E-state index in [2.05, 4.69) is 9.97 Å². The van der Waals surface area contributed by atoms with Gasteiger partial charge >= 0.3 is 0 Å². The van der Waals surface area contributed by atoms with Crippen molar-refractivity contribution in [2.24, 2.45) is 0 Å². The minimum atomic E-state index is -0.197. The van der Waals surface area contributed by atoms with Gasteiger partial charge in [0.2, 0.25) is 5.43 Å². The summed E-state index contributed by atoms with van der Waals surface area (Å²) in [6.45, 7) is 5.65. The topological polar surface area (TPSA) is 67.9 Å². The maximum atomic E-state index is 13.0. The van der Waals surface area contributed by atoms with E-state index in [1.807, 2.05) is 63.2 Å². The van der Waals surface area contributed by atoms with Gasteiger partial charge in [-0.2, -0.15) is 0 Å². The largest absolute Gasteiger partial charge is 0.485 e. The van der Waals surface area contributed by atoms with Crippen LogP contribution >= 0.6 is 11.6 Å². The summed E-state index contributed by atoms with van der Waals surface area (Å²) in [6.07, 6.45) is 1.46. The summed E-state index contributed by atoms with van der Waals surface area (Å²) < 4.78 is 5.65. The average Bonchev–Trinajstić information content (AvgIpc) is 2.69. The number of pyridine rings is 3. The van der Waals surface area contributed by atoms with Gasteiger partial charge in [-0.3, -0.25) is 4.79 Å². The van der Waals surface area contributed by atoms with Gasteiger partial charge in [-0.1, -0.05) is 41.9 Å². The molecule has 146 valence electrons. The fourth-order valence-electron chi connectivity index (χ4n) is 3.29.